The van der Waals surface area contributed by atoms with Gasteiger partial charge in [0.15, 0.2) is 0 Å². The molecule has 0 aliphatic carbocycles. The van der Waals surface area contributed by atoms with Crippen molar-refractivity contribution >= 4 is 11.9 Å². The summed E-state index contributed by atoms with van der Waals surface area (Å²) in [6.45, 7) is 6.63. The second kappa shape index (κ2) is 12.1. The third-order valence-corrected chi connectivity index (χ3v) is 5.81. The number of methoxy groups -OCH3 is 1. The number of benzene rings is 2. The van der Waals surface area contributed by atoms with Gasteiger partial charge < -0.3 is 18.8 Å². The summed E-state index contributed by atoms with van der Waals surface area (Å²) in [6, 6.07) is 17.1. The van der Waals surface area contributed by atoms with E-state index in [9.17, 15) is 9.59 Å². The Kier molecular flexibility index (Phi) is 8.90. The number of ether oxygens (including phenoxy) is 2. The summed E-state index contributed by atoms with van der Waals surface area (Å²) in [4.78, 5) is 26.4. The second-order valence-electron chi connectivity index (χ2n) is 8.82. The van der Waals surface area contributed by atoms with Crippen LogP contribution in [0.25, 0.3) is 11.3 Å². The van der Waals surface area contributed by atoms with Crippen LogP contribution in [0.4, 0.5) is 0 Å². The molecule has 3 aromatic rings. The van der Waals surface area contributed by atoms with Crippen LogP contribution in [0.2, 0.25) is 0 Å². The van der Waals surface area contributed by atoms with Gasteiger partial charge >= 0.3 is 5.97 Å². The average Bonchev–Trinajstić information content (AvgIpc) is 3.39. The van der Waals surface area contributed by atoms with Gasteiger partial charge in [-0.2, -0.15) is 0 Å². The third kappa shape index (κ3) is 7.09. The first kappa shape index (κ1) is 25.8. The fourth-order valence-electron chi connectivity index (χ4n) is 3.86. The number of rotatable bonds is 10. The Bertz CT molecular complexity index is 1160. The Morgan fingerprint density at radius 1 is 1.11 bits per heavy atom. The standard InChI is InChI=1S/C29H33NO5/c1-20-8-13-27(35-16-14-21(2)17-22(3)29(32)33-5)25(18-20)19-30(4)28(31)24-11-9-23(10-12-24)26-7-6-15-34-26/h6-15,18,22H,16-17,19H2,1-5H3/b21-14+. The summed E-state index contributed by atoms with van der Waals surface area (Å²) < 4.78 is 16.2. The van der Waals surface area contributed by atoms with Crippen molar-refractivity contribution < 1.29 is 23.5 Å². The maximum Gasteiger partial charge on any atom is 0.308 e. The van der Waals surface area contributed by atoms with Crippen molar-refractivity contribution in [3.63, 3.8) is 0 Å². The third-order valence-electron chi connectivity index (χ3n) is 5.81. The van der Waals surface area contributed by atoms with Crippen LogP contribution in [0.5, 0.6) is 5.75 Å². The lowest BCUT2D eigenvalue weighted by Crippen LogP contribution is -2.26. The maximum absolute atomic E-state index is 13.0. The first-order valence-corrected chi connectivity index (χ1v) is 11.6. The van der Waals surface area contributed by atoms with E-state index < -0.39 is 0 Å². The second-order valence-corrected chi connectivity index (χ2v) is 8.82. The number of carbonyl (C=O) groups is 2. The molecule has 1 aromatic heterocycles. The lowest BCUT2D eigenvalue weighted by Gasteiger charge is -2.20. The van der Waals surface area contributed by atoms with Crippen LogP contribution in [0, 0.1) is 12.8 Å². The lowest BCUT2D eigenvalue weighted by molar-refractivity contribution is -0.144. The number of carbonyl (C=O) groups excluding carboxylic acids is 2. The predicted octanol–water partition coefficient (Wildman–Crippen LogP) is 6.05. The lowest BCUT2D eigenvalue weighted by atomic mass is 10.0. The zero-order valence-electron chi connectivity index (χ0n) is 21.0. The minimum atomic E-state index is -0.220. The van der Waals surface area contributed by atoms with E-state index in [2.05, 4.69) is 0 Å². The molecule has 6 heteroatoms. The Hall–Kier alpha value is -3.80. The number of furan rings is 1. The van der Waals surface area contributed by atoms with Gasteiger partial charge in [-0.15, -0.1) is 0 Å². The van der Waals surface area contributed by atoms with Crippen LogP contribution in [-0.2, 0) is 16.1 Å². The van der Waals surface area contributed by atoms with Gasteiger partial charge in [0.1, 0.15) is 18.1 Å². The summed E-state index contributed by atoms with van der Waals surface area (Å²) in [6.07, 6.45) is 4.22. The van der Waals surface area contributed by atoms with Gasteiger partial charge in [-0.1, -0.05) is 42.3 Å². The van der Waals surface area contributed by atoms with Crippen molar-refractivity contribution in [2.75, 3.05) is 20.8 Å². The van der Waals surface area contributed by atoms with Gasteiger partial charge in [-0.25, -0.2) is 0 Å². The van der Waals surface area contributed by atoms with E-state index in [1.807, 2.05) is 81.4 Å². The van der Waals surface area contributed by atoms with Gasteiger partial charge in [0.05, 0.1) is 19.3 Å². The number of hydrogen-bond donors (Lipinski definition) is 0. The van der Waals surface area contributed by atoms with E-state index in [-0.39, 0.29) is 17.8 Å². The first-order chi connectivity index (χ1) is 16.8. The molecule has 1 unspecified atom stereocenters. The summed E-state index contributed by atoms with van der Waals surface area (Å²) in [5, 5.41) is 0. The number of nitrogens with zero attached hydrogens (tertiary/aromatic N) is 1. The highest BCUT2D eigenvalue weighted by atomic mass is 16.5. The van der Waals surface area contributed by atoms with Crippen molar-refractivity contribution in [2.24, 2.45) is 5.92 Å². The zero-order chi connectivity index (χ0) is 25.4. The highest BCUT2D eigenvalue weighted by Crippen LogP contribution is 2.24. The average molecular weight is 476 g/mol. The van der Waals surface area contributed by atoms with Gasteiger partial charge in [-0.3, -0.25) is 9.59 Å². The smallest absolute Gasteiger partial charge is 0.308 e. The van der Waals surface area contributed by atoms with Crippen molar-refractivity contribution in [2.45, 2.75) is 33.7 Å². The molecule has 6 nitrogen and oxygen atoms in total. The van der Waals surface area contributed by atoms with E-state index in [1.54, 1.807) is 18.2 Å². The fraction of sp³-hybridized carbons (Fsp3) is 0.310. The number of aryl methyl sites for hydroxylation is 1. The molecule has 35 heavy (non-hydrogen) atoms. The van der Waals surface area contributed by atoms with E-state index >= 15 is 0 Å². The van der Waals surface area contributed by atoms with Crippen LogP contribution < -0.4 is 4.74 Å². The van der Waals surface area contributed by atoms with E-state index in [0.29, 0.717) is 25.1 Å². The molecular formula is C29H33NO5. The molecule has 0 bridgehead atoms. The monoisotopic (exact) mass is 475 g/mol. The number of amides is 1. The highest BCUT2D eigenvalue weighted by molar-refractivity contribution is 5.94. The first-order valence-electron chi connectivity index (χ1n) is 11.6. The largest absolute Gasteiger partial charge is 0.489 e. The van der Waals surface area contributed by atoms with Gasteiger partial charge in [-0.05, 0) is 56.7 Å². The van der Waals surface area contributed by atoms with Crippen LogP contribution >= 0.6 is 0 Å². The van der Waals surface area contributed by atoms with Crippen molar-refractivity contribution in [3.05, 3.63) is 89.2 Å². The number of allylic oxidation sites excluding steroid dienone is 1. The molecular weight excluding hydrogens is 442 g/mol. The van der Waals surface area contributed by atoms with Gasteiger partial charge in [0.2, 0.25) is 0 Å². The molecule has 3 rings (SSSR count). The molecule has 1 amide bonds. The Morgan fingerprint density at radius 2 is 1.86 bits per heavy atom. The Balaban J connectivity index is 1.64. The molecule has 0 N–H and O–H groups in total. The Labute approximate surface area is 207 Å². The maximum atomic E-state index is 13.0. The summed E-state index contributed by atoms with van der Waals surface area (Å²) in [5.74, 6) is 1.01. The zero-order valence-corrected chi connectivity index (χ0v) is 21.0. The van der Waals surface area contributed by atoms with E-state index in [1.165, 1.54) is 7.11 Å². The quantitative estimate of drug-likeness (QED) is 0.264. The van der Waals surface area contributed by atoms with Gasteiger partial charge in [0.25, 0.3) is 5.91 Å². The molecule has 2 aromatic carbocycles. The molecule has 1 heterocycles. The van der Waals surface area contributed by atoms with Crippen molar-refractivity contribution in [1.29, 1.82) is 0 Å². The molecule has 0 aliphatic heterocycles. The van der Waals surface area contributed by atoms with Crippen molar-refractivity contribution in [3.8, 4) is 17.1 Å². The van der Waals surface area contributed by atoms with Crippen LogP contribution in [0.3, 0.4) is 0 Å². The minimum Gasteiger partial charge on any atom is -0.489 e. The fourth-order valence-corrected chi connectivity index (χ4v) is 3.86. The minimum absolute atomic E-state index is 0.0732. The van der Waals surface area contributed by atoms with Crippen LogP contribution in [0.1, 0.15) is 41.8 Å². The molecule has 0 saturated carbocycles. The summed E-state index contributed by atoms with van der Waals surface area (Å²) in [7, 11) is 3.19. The normalized spacial score (nSPS) is 12.2. The molecule has 184 valence electrons. The van der Waals surface area contributed by atoms with E-state index in [4.69, 9.17) is 13.9 Å². The molecule has 0 fully saturated rings. The van der Waals surface area contributed by atoms with Crippen LogP contribution in [-0.4, -0.2) is 37.5 Å². The molecule has 0 saturated heterocycles. The van der Waals surface area contributed by atoms with Gasteiger partial charge in [0, 0.05) is 30.3 Å². The Morgan fingerprint density at radius 3 is 2.51 bits per heavy atom. The van der Waals surface area contributed by atoms with Crippen LogP contribution in [0.15, 0.2) is 76.9 Å². The number of esters is 1. The number of hydrogen-bond acceptors (Lipinski definition) is 5. The highest BCUT2D eigenvalue weighted by Gasteiger charge is 2.16. The molecule has 1 atom stereocenters. The molecule has 0 radical (unpaired) electrons. The summed E-state index contributed by atoms with van der Waals surface area (Å²) >= 11 is 0. The predicted molar refractivity (Wildman–Crippen MR) is 136 cm³/mol. The summed E-state index contributed by atoms with van der Waals surface area (Å²) in [5.41, 5.74) is 4.61. The van der Waals surface area contributed by atoms with Crippen molar-refractivity contribution in [1.82, 2.24) is 4.90 Å². The van der Waals surface area contributed by atoms with E-state index in [0.717, 1.165) is 33.8 Å². The SMILES string of the molecule is COC(=O)C(C)C/C(C)=C/COc1ccc(C)cc1CN(C)C(=O)c1ccc(-c2ccco2)cc1. The topological polar surface area (TPSA) is 69.0 Å². The molecule has 0 aliphatic rings. The molecule has 0 spiro atoms.